The smallest absolute Gasteiger partial charge is 0.265 e. The van der Waals surface area contributed by atoms with Gasteiger partial charge in [0.2, 0.25) is 0 Å². The summed E-state index contributed by atoms with van der Waals surface area (Å²) in [4.78, 5) is 14.5. The van der Waals surface area contributed by atoms with Gasteiger partial charge in [-0.05, 0) is 60.7 Å². The Morgan fingerprint density at radius 2 is 1.79 bits per heavy atom. The average Bonchev–Trinajstić information content (AvgIpc) is 3.15. The van der Waals surface area contributed by atoms with E-state index in [1.54, 1.807) is 18.2 Å². The van der Waals surface area contributed by atoms with Crippen LogP contribution in [0.4, 0.5) is 5.82 Å². The lowest BCUT2D eigenvalue weighted by Gasteiger charge is -2.36. The largest absolute Gasteiger partial charge is 0.507 e. The molecule has 3 atom stereocenters. The molecule has 2 unspecified atom stereocenters. The van der Waals surface area contributed by atoms with Gasteiger partial charge in [0.25, 0.3) is 5.56 Å². The van der Waals surface area contributed by atoms with Crippen LogP contribution in [0, 0.1) is 0 Å². The number of aromatic hydroxyl groups is 1. The molecule has 0 saturated carbocycles. The summed E-state index contributed by atoms with van der Waals surface area (Å²) in [6.45, 7) is 0. The number of nitrogens with zero attached hydrogens (tertiary/aromatic N) is 5. The van der Waals surface area contributed by atoms with Gasteiger partial charge < -0.3 is 15.3 Å². The zero-order valence-electron chi connectivity index (χ0n) is 18.9. The van der Waals surface area contributed by atoms with Crippen molar-refractivity contribution in [3.05, 3.63) is 52.9 Å². The van der Waals surface area contributed by atoms with Gasteiger partial charge in [-0.15, -0.1) is 10.2 Å². The molecule has 2 aliphatic heterocycles. The Bertz CT molecular complexity index is 1250. The topological polar surface area (TPSA) is 96.2 Å². The normalized spacial score (nSPS) is 22.0. The van der Waals surface area contributed by atoms with E-state index in [0.29, 0.717) is 40.5 Å². The monoisotopic (exact) mass is 448 g/mol. The van der Waals surface area contributed by atoms with Crippen molar-refractivity contribution >= 4 is 29.4 Å². The van der Waals surface area contributed by atoms with Crippen molar-refractivity contribution in [2.45, 2.75) is 49.0 Å². The number of hydrogen-bond donors (Lipinski definition) is 2. The molecule has 2 saturated heterocycles. The molecule has 2 bridgehead atoms. The number of aromatic nitrogens is 4. The Morgan fingerprint density at radius 1 is 1.06 bits per heavy atom. The Kier molecular flexibility index (Phi) is 5.76. The fraction of sp³-hybridized carbons (Fsp3) is 0.391. The highest BCUT2D eigenvalue weighted by Gasteiger charge is 2.35. The Balaban J connectivity index is 1.35. The van der Waals surface area contributed by atoms with Crippen LogP contribution in [-0.4, -0.2) is 73.8 Å². The molecule has 166 valence electrons. The molecule has 11 heteroatoms. The fourth-order valence-electron chi connectivity index (χ4n) is 4.97. The molecular weight excluding hydrogens is 425 g/mol. The van der Waals surface area contributed by atoms with Crippen molar-refractivity contribution in [3.8, 4) is 28.1 Å². The number of fused-ring (bicyclic) bond motifs is 2. The third-order valence-electron chi connectivity index (χ3n) is 6.78. The number of anilines is 1. The second-order valence-corrected chi connectivity index (χ2v) is 9.26. The fourth-order valence-corrected chi connectivity index (χ4v) is 4.97. The number of phenolic OH excluding ortho intramolecular Hbond substituents is 1. The van der Waals surface area contributed by atoms with Crippen molar-refractivity contribution in [2.24, 2.45) is 0 Å². The molecule has 4 heterocycles. The van der Waals surface area contributed by atoms with E-state index in [0.717, 1.165) is 23.3 Å². The van der Waals surface area contributed by atoms with Crippen LogP contribution in [0.25, 0.3) is 22.4 Å². The van der Waals surface area contributed by atoms with Crippen LogP contribution in [0.1, 0.15) is 25.7 Å². The molecule has 2 fully saturated rings. The maximum atomic E-state index is 12.2. The molecule has 2 aromatic heterocycles. The summed E-state index contributed by atoms with van der Waals surface area (Å²) in [6.07, 6.45) is 6.13. The van der Waals surface area contributed by atoms with Gasteiger partial charge in [-0.1, -0.05) is 6.07 Å². The number of piperidine rings is 1. The summed E-state index contributed by atoms with van der Waals surface area (Å²) in [5.41, 5.74) is 1.63. The first-order chi connectivity index (χ1) is 16.2. The van der Waals surface area contributed by atoms with Crippen LogP contribution in [0.5, 0.6) is 5.75 Å². The van der Waals surface area contributed by atoms with Crippen molar-refractivity contribution in [2.75, 3.05) is 11.9 Å². The second kappa shape index (κ2) is 8.62. The summed E-state index contributed by atoms with van der Waals surface area (Å²) in [7, 11) is 18.7. The van der Waals surface area contributed by atoms with Crippen LogP contribution < -0.4 is 15.8 Å². The number of rotatable bonds is 5. The minimum Gasteiger partial charge on any atom is -0.507 e. The molecule has 1 aromatic carbocycles. The van der Waals surface area contributed by atoms with Crippen molar-refractivity contribution in [1.29, 1.82) is 0 Å². The van der Waals surface area contributed by atoms with Crippen LogP contribution in [0.3, 0.4) is 0 Å². The van der Waals surface area contributed by atoms with E-state index in [2.05, 4.69) is 32.6 Å². The van der Waals surface area contributed by atoms with Gasteiger partial charge in [-0.25, -0.2) is 0 Å². The van der Waals surface area contributed by atoms with E-state index in [-0.39, 0.29) is 5.75 Å². The SMILES string of the molecule is [B]C([B])([B])n1ncc(-c2ccc(-c3ccc(N(C)C4CC5CC[C@H](C4)N5)nn3)c(O)c2)cc1=O. The predicted octanol–water partition coefficient (Wildman–Crippen LogP) is 0.865. The third-order valence-corrected chi connectivity index (χ3v) is 6.78. The molecule has 0 amide bonds. The van der Waals surface area contributed by atoms with Crippen LogP contribution in [0.15, 0.2) is 47.4 Å². The molecule has 2 aliphatic rings. The molecule has 34 heavy (non-hydrogen) atoms. The lowest BCUT2D eigenvalue weighted by molar-refractivity contribution is 0.353. The van der Waals surface area contributed by atoms with E-state index in [1.165, 1.54) is 25.1 Å². The van der Waals surface area contributed by atoms with E-state index in [1.807, 2.05) is 12.1 Å². The van der Waals surface area contributed by atoms with Crippen LogP contribution in [0.2, 0.25) is 0 Å². The van der Waals surface area contributed by atoms with Gasteiger partial charge in [0.05, 0.1) is 35.4 Å². The van der Waals surface area contributed by atoms with E-state index in [4.69, 9.17) is 23.5 Å². The summed E-state index contributed by atoms with van der Waals surface area (Å²) in [5, 5.41) is 25.1. The first-order valence-electron chi connectivity index (χ1n) is 11.3. The summed E-state index contributed by atoms with van der Waals surface area (Å²) >= 11 is 0. The standard InChI is InChI=1S/C23H23B3N6O2/c1-31(17-10-15-3-4-16(11-17)28-15)21-7-6-19(29-30-21)18-5-2-13(8-20(18)33)14-9-22(34)32(27-12-14)23(24,25)26/h2,5-9,12,15-17,28,33H,3-4,10-11H2,1H3/t15-,16?,17?/m1/s1. The van der Waals surface area contributed by atoms with Gasteiger partial charge >= 0.3 is 0 Å². The first kappa shape index (κ1) is 22.7. The highest BCUT2D eigenvalue weighted by atomic mass is 16.3. The Hall–Kier alpha value is -3.07. The number of benzene rings is 1. The molecule has 5 rings (SSSR count). The minimum atomic E-state index is -1.89. The van der Waals surface area contributed by atoms with Gasteiger partial charge in [-0.3, -0.25) is 9.48 Å². The van der Waals surface area contributed by atoms with E-state index < -0.39 is 10.8 Å². The van der Waals surface area contributed by atoms with Crippen LogP contribution >= 0.6 is 0 Å². The molecule has 0 spiro atoms. The lowest BCUT2D eigenvalue weighted by Crippen LogP contribution is -2.47. The van der Waals surface area contributed by atoms with Crippen LogP contribution in [-0.2, 0) is 5.24 Å². The van der Waals surface area contributed by atoms with E-state index >= 15 is 0 Å². The molecule has 0 aliphatic carbocycles. The molecule has 2 N–H and O–H groups in total. The third kappa shape index (κ3) is 4.36. The number of hydrogen-bond acceptors (Lipinski definition) is 7. The molecular formula is C23H23B3N6O2. The van der Waals surface area contributed by atoms with Gasteiger partial charge in [0.1, 0.15) is 5.75 Å². The number of phenols is 1. The summed E-state index contributed by atoms with van der Waals surface area (Å²) < 4.78 is 0.785. The molecule has 8 nitrogen and oxygen atoms in total. The molecule has 3 aromatic rings. The predicted molar refractivity (Wildman–Crippen MR) is 133 cm³/mol. The zero-order valence-corrected chi connectivity index (χ0v) is 18.9. The first-order valence-corrected chi connectivity index (χ1v) is 11.3. The minimum absolute atomic E-state index is 0.0119. The highest BCUT2D eigenvalue weighted by Crippen LogP contribution is 2.34. The van der Waals surface area contributed by atoms with Gasteiger partial charge in [0.15, 0.2) is 5.82 Å². The van der Waals surface area contributed by atoms with Crippen molar-refractivity contribution in [1.82, 2.24) is 25.3 Å². The summed E-state index contributed by atoms with van der Waals surface area (Å²) in [5.74, 6) is 0.825. The maximum absolute atomic E-state index is 12.2. The number of nitrogens with one attached hydrogen (secondary N) is 1. The van der Waals surface area contributed by atoms with Crippen molar-refractivity contribution < 1.29 is 5.11 Å². The summed E-state index contributed by atoms with van der Waals surface area (Å²) in [6, 6.07) is 11.8. The highest BCUT2D eigenvalue weighted by molar-refractivity contribution is 6.56. The Labute approximate surface area is 202 Å². The maximum Gasteiger partial charge on any atom is 0.265 e. The van der Waals surface area contributed by atoms with Gasteiger partial charge in [-0.2, -0.15) is 5.10 Å². The quantitative estimate of drug-likeness (QED) is 0.560. The molecule has 6 radical (unpaired) electrons. The van der Waals surface area contributed by atoms with E-state index in [9.17, 15) is 9.90 Å². The van der Waals surface area contributed by atoms with Crippen molar-refractivity contribution in [3.63, 3.8) is 0 Å². The zero-order chi connectivity index (χ0) is 24.0. The second-order valence-electron chi connectivity index (χ2n) is 9.26. The van der Waals surface area contributed by atoms with Gasteiger partial charge in [0, 0.05) is 42.4 Å². The average molecular weight is 448 g/mol. The lowest BCUT2D eigenvalue weighted by atomic mass is 9.49. The Morgan fingerprint density at radius 3 is 2.38 bits per heavy atom.